The molecule has 2 aromatic carbocycles. The highest BCUT2D eigenvalue weighted by Gasteiger charge is 2.29. The number of hydrogen-bond donors (Lipinski definition) is 3. The Labute approximate surface area is 117 Å². The standard InChI is InChI=1S/C14H10F3NO3/c15-14(16,17)9-2-4-10(5-3-9)18-13(21)8-1-6-11(19)12(20)7-8/h1-7,19-20H,(H,18,21). The van der Waals surface area contributed by atoms with Crippen molar-refractivity contribution in [2.75, 3.05) is 5.32 Å². The Bertz CT molecular complexity index is 666. The second-order valence-corrected chi connectivity index (χ2v) is 4.23. The van der Waals surface area contributed by atoms with Gasteiger partial charge in [0.1, 0.15) is 0 Å². The maximum atomic E-state index is 12.4. The molecule has 0 aliphatic carbocycles. The molecule has 0 atom stereocenters. The van der Waals surface area contributed by atoms with Gasteiger partial charge in [0.05, 0.1) is 5.56 Å². The number of carbonyl (C=O) groups excluding carboxylic acids is 1. The van der Waals surface area contributed by atoms with Crippen LogP contribution in [0.1, 0.15) is 15.9 Å². The first-order valence-corrected chi connectivity index (χ1v) is 5.78. The number of rotatable bonds is 2. The third kappa shape index (κ3) is 3.44. The van der Waals surface area contributed by atoms with E-state index in [0.717, 1.165) is 36.4 Å². The summed E-state index contributed by atoms with van der Waals surface area (Å²) in [6.45, 7) is 0. The van der Waals surface area contributed by atoms with Crippen LogP contribution in [0.2, 0.25) is 0 Å². The van der Waals surface area contributed by atoms with E-state index in [2.05, 4.69) is 5.32 Å². The van der Waals surface area contributed by atoms with Gasteiger partial charge in [-0.25, -0.2) is 0 Å². The number of nitrogens with one attached hydrogen (secondary N) is 1. The van der Waals surface area contributed by atoms with Crippen molar-refractivity contribution in [1.82, 2.24) is 0 Å². The molecule has 2 rings (SSSR count). The molecule has 0 bridgehead atoms. The van der Waals surface area contributed by atoms with E-state index in [1.54, 1.807) is 0 Å². The lowest BCUT2D eigenvalue weighted by Crippen LogP contribution is -2.12. The van der Waals surface area contributed by atoms with E-state index in [1.165, 1.54) is 6.07 Å². The van der Waals surface area contributed by atoms with Crippen molar-refractivity contribution in [2.24, 2.45) is 0 Å². The highest BCUT2D eigenvalue weighted by molar-refractivity contribution is 6.04. The van der Waals surface area contributed by atoms with Gasteiger partial charge in [-0.15, -0.1) is 0 Å². The average Bonchev–Trinajstić information content (AvgIpc) is 2.41. The van der Waals surface area contributed by atoms with Crippen LogP contribution < -0.4 is 5.32 Å². The van der Waals surface area contributed by atoms with Crippen LogP contribution in [0.3, 0.4) is 0 Å². The van der Waals surface area contributed by atoms with Gasteiger partial charge >= 0.3 is 6.18 Å². The molecule has 7 heteroatoms. The van der Waals surface area contributed by atoms with Gasteiger partial charge in [0.15, 0.2) is 11.5 Å². The molecule has 0 spiro atoms. The predicted molar refractivity (Wildman–Crippen MR) is 69.2 cm³/mol. The fourth-order valence-electron chi connectivity index (χ4n) is 1.61. The van der Waals surface area contributed by atoms with E-state index in [0.29, 0.717) is 0 Å². The number of carbonyl (C=O) groups is 1. The molecule has 0 aromatic heterocycles. The minimum absolute atomic E-state index is 0.0604. The van der Waals surface area contributed by atoms with Gasteiger partial charge in [-0.05, 0) is 42.5 Å². The van der Waals surface area contributed by atoms with Gasteiger partial charge in [0.25, 0.3) is 5.91 Å². The second-order valence-electron chi connectivity index (χ2n) is 4.23. The molecule has 3 N–H and O–H groups in total. The van der Waals surface area contributed by atoms with Crippen LogP contribution >= 0.6 is 0 Å². The van der Waals surface area contributed by atoms with Crippen molar-refractivity contribution in [2.45, 2.75) is 6.18 Å². The Kier molecular flexibility index (Phi) is 3.75. The van der Waals surface area contributed by atoms with Gasteiger partial charge in [-0.2, -0.15) is 13.2 Å². The number of phenols is 2. The molecule has 0 saturated carbocycles. The maximum Gasteiger partial charge on any atom is 0.416 e. The van der Waals surface area contributed by atoms with Gasteiger partial charge < -0.3 is 15.5 Å². The molecule has 0 unspecified atom stereocenters. The summed E-state index contributed by atoms with van der Waals surface area (Å²) in [4.78, 5) is 11.8. The fraction of sp³-hybridized carbons (Fsp3) is 0.0714. The van der Waals surface area contributed by atoms with Crippen LogP contribution in [0.15, 0.2) is 42.5 Å². The summed E-state index contributed by atoms with van der Waals surface area (Å²) < 4.78 is 37.2. The number of anilines is 1. The highest BCUT2D eigenvalue weighted by atomic mass is 19.4. The molecule has 0 radical (unpaired) electrons. The van der Waals surface area contributed by atoms with Crippen LogP contribution in [-0.4, -0.2) is 16.1 Å². The largest absolute Gasteiger partial charge is 0.504 e. The second kappa shape index (κ2) is 5.35. The summed E-state index contributed by atoms with van der Waals surface area (Å²) in [5, 5.41) is 20.8. The molecular formula is C14H10F3NO3. The van der Waals surface area contributed by atoms with E-state index in [1.807, 2.05) is 0 Å². The quantitative estimate of drug-likeness (QED) is 0.744. The maximum absolute atomic E-state index is 12.4. The van der Waals surface area contributed by atoms with Crippen LogP contribution in [0, 0.1) is 0 Å². The van der Waals surface area contributed by atoms with Crippen molar-refractivity contribution in [3.05, 3.63) is 53.6 Å². The van der Waals surface area contributed by atoms with Crippen molar-refractivity contribution in [3.8, 4) is 11.5 Å². The SMILES string of the molecule is O=C(Nc1ccc(C(F)(F)F)cc1)c1ccc(O)c(O)c1. The summed E-state index contributed by atoms with van der Waals surface area (Å²) in [6, 6.07) is 7.41. The summed E-state index contributed by atoms with van der Waals surface area (Å²) in [7, 11) is 0. The Hall–Kier alpha value is -2.70. The zero-order valence-corrected chi connectivity index (χ0v) is 10.5. The Morgan fingerprint density at radius 1 is 0.952 bits per heavy atom. The number of benzene rings is 2. The number of aromatic hydroxyl groups is 2. The van der Waals surface area contributed by atoms with Crippen molar-refractivity contribution >= 4 is 11.6 Å². The van der Waals surface area contributed by atoms with E-state index in [-0.39, 0.29) is 17.0 Å². The molecule has 0 fully saturated rings. The first-order chi connectivity index (χ1) is 9.77. The van der Waals surface area contributed by atoms with Crippen LogP contribution in [0.5, 0.6) is 11.5 Å². The lowest BCUT2D eigenvalue weighted by atomic mass is 10.1. The van der Waals surface area contributed by atoms with Gasteiger partial charge in [-0.1, -0.05) is 0 Å². The van der Waals surface area contributed by atoms with Crippen LogP contribution in [-0.2, 0) is 6.18 Å². The molecule has 2 aromatic rings. The Morgan fingerprint density at radius 2 is 1.57 bits per heavy atom. The first-order valence-electron chi connectivity index (χ1n) is 5.78. The van der Waals surface area contributed by atoms with E-state index in [9.17, 15) is 23.1 Å². The zero-order chi connectivity index (χ0) is 15.6. The minimum Gasteiger partial charge on any atom is -0.504 e. The molecule has 21 heavy (non-hydrogen) atoms. The average molecular weight is 297 g/mol. The minimum atomic E-state index is -4.44. The lowest BCUT2D eigenvalue weighted by molar-refractivity contribution is -0.137. The predicted octanol–water partition coefficient (Wildman–Crippen LogP) is 3.37. The summed E-state index contributed by atoms with van der Waals surface area (Å²) in [5.74, 6) is -1.46. The molecule has 0 aliphatic rings. The van der Waals surface area contributed by atoms with E-state index >= 15 is 0 Å². The van der Waals surface area contributed by atoms with Gasteiger partial charge in [-0.3, -0.25) is 4.79 Å². The Balaban J connectivity index is 2.14. The van der Waals surface area contributed by atoms with Crippen molar-refractivity contribution < 1.29 is 28.2 Å². The number of hydrogen-bond acceptors (Lipinski definition) is 3. The number of phenolic OH excluding ortho intramolecular Hbond substituents is 2. The smallest absolute Gasteiger partial charge is 0.416 e. The van der Waals surface area contributed by atoms with Crippen molar-refractivity contribution in [3.63, 3.8) is 0 Å². The Morgan fingerprint density at radius 3 is 2.10 bits per heavy atom. The van der Waals surface area contributed by atoms with Crippen LogP contribution in [0.4, 0.5) is 18.9 Å². The normalized spacial score (nSPS) is 11.2. The van der Waals surface area contributed by atoms with Crippen LogP contribution in [0.25, 0.3) is 0 Å². The monoisotopic (exact) mass is 297 g/mol. The lowest BCUT2D eigenvalue weighted by Gasteiger charge is -2.09. The molecule has 0 aliphatic heterocycles. The van der Waals surface area contributed by atoms with E-state index < -0.39 is 23.4 Å². The summed E-state index contributed by atoms with van der Waals surface area (Å²) in [5.41, 5.74) is -0.575. The van der Waals surface area contributed by atoms with Gasteiger partial charge in [0, 0.05) is 11.3 Å². The number of amides is 1. The number of halogens is 3. The van der Waals surface area contributed by atoms with Crippen molar-refractivity contribution in [1.29, 1.82) is 0 Å². The molecule has 1 amide bonds. The third-order valence-electron chi connectivity index (χ3n) is 2.71. The topological polar surface area (TPSA) is 69.6 Å². The first kappa shape index (κ1) is 14.7. The molecule has 110 valence electrons. The fourth-order valence-corrected chi connectivity index (χ4v) is 1.61. The van der Waals surface area contributed by atoms with E-state index in [4.69, 9.17) is 5.11 Å². The molecular weight excluding hydrogens is 287 g/mol. The highest BCUT2D eigenvalue weighted by Crippen LogP contribution is 2.30. The third-order valence-corrected chi connectivity index (χ3v) is 2.71. The molecule has 0 saturated heterocycles. The molecule has 0 heterocycles. The molecule has 4 nitrogen and oxygen atoms in total. The zero-order valence-electron chi connectivity index (χ0n) is 10.5. The van der Waals surface area contributed by atoms with Gasteiger partial charge in [0.2, 0.25) is 0 Å². The summed E-state index contributed by atoms with van der Waals surface area (Å²) >= 11 is 0. The summed E-state index contributed by atoms with van der Waals surface area (Å²) in [6.07, 6.45) is -4.44. The number of alkyl halides is 3.